The molecular weight excluding hydrogens is 356 g/mol. The molecule has 28 heavy (non-hydrogen) atoms. The Morgan fingerprint density at radius 2 is 1.21 bits per heavy atom. The number of benzene rings is 3. The average molecular weight is 378 g/mol. The van der Waals surface area contributed by atoms with Crippen LogP contribution >= 0.6 is 0 Å². The maximum atomic E-state index is 5.46. The molecule has 0 unspecified atom stereocenters. The molecule has 0 saturated carbocycles. The van der Waals surface area contributed by atoms with Crippen LogP contribution in [0.5, 0.6) is 17.2 Å². The molecule has 0 spiro atoms. The van der Waals surface area contributed by atoms with E-state index in [1.165, 1.54) is 13.4 Å². The summed E-state index contributed by atoms with van der Waals surface area (Å²) in [5.74, 6) is 2.11. The summed E-state index contributed by atoms with van der Waals surface area (Å²) in [6, 6.07) is 23.0. The topological polar surface area (TPSA) is 46.2 Å². The molecule has 0 fully saturated rings. The minimum atomic E-state index is 0.614. The maximum absolute atomic E-state index is 5.46. The SMILES string of the molecule is CCOc1ccc(-c2ccc(OO/C=C/c3ccc(OOC)cc3)cc2)cc1. The summed E-state index contributed by atoms with van der Waals surface area (Å²) in [7, 11) is 1.46. The van der Waals surface area contributed by atoms with Crippen LogP contribution in [0, 0.1) is 0 Å². The van der Waals surface area contributed by atoms with E-state index in [2.05, 4.69) is 4.89 Å². The first kappa shape index (κ1) is 19.3. The van der Waals surface area contributed by atoms with Gasteiger partial charge < -0.3 is 9.62 Å². The second-order valence-electron chi connectivity index (χ2n) is 5.78. The lowest BCUT2D eigenvalue weighted by Gasteiger charge is -2.06. The van der Waals surface area contributed by atoms with Crippen molar-refractivity contribution >= 4 is 6.08 Å². The van der Waals surface area contributed by atoms with Gasteiger partial charge in [0.1, 0.15) is 12.0 Å². The molecule has 0 amide bonds. The predicted molar refractivity (Wildman–Crippen MR) is 108 cm³/mol. The van der Waals surface area contributed by atoms with Crippen LogP contribution in [0.3, 0.4) is 0 Å². The maximum Gasteiger partial charge on any atom is 0.178 e. The van der Waals surface area contributed by atoms with Gasteiger partial charge in [0.25, 0.3) is 0 Å². The Balaban J connectivity index is 1.51. The van der Waals surface area contributed by atoms with Crippen LogP contribution in [0.25, 0.3) is 17.2 Å². The van der Waals surface area contributed by atoms with Crippen molar-refractivity contribution in [3.05, 3.63) is 84.6 Å². The van der Waals surface area contributed by atoms with Crippen LogP contribution in [-0.2, 0) is 9.78 Å². The molecule has 0 atom stereocenters. The Morgan fingerprint density at radius 3 is 1.79 bits per heavy atom. The van der Waals surface area contributed by atoms with Crippen molar-refractivity contribution in [1.82, 2.24) is 0 Å². The molecule has 0 aliphatic carbocycles. The second-order valence-corrected chi connectivity index (χ2v) is 5.78. The lowest BCUT2D eigenvalue weighted by atomic mass is 10.1. The summed E-state index contributed by atoms with van der Waals surface area (Å²) >= 11 is 0. The summed E-state index contributed by atoms with van der Waals surface area (Å²) < 4.78 is 5.46. The minimum absolute atomic E-state index is 0.614. The standard InChI is InChI=1S/C23H22O5/c1-3-25-21-12-6-19(7-13-21)20-8-14-23(15-9-20)28-26-17-16-18-4-10-22(11-5-18)27-24-2/h4-17H,3H2,1-2H3/b17-16+. The Bertz CT molecular complexity index is 868. The van der Waals surface area contributed by atoms with Crippen molar-refractivity contribution in [1.29, 1.82) is 0 Å². The molecule has 3 aromatic rings. The lowest BCUT2D eigenvalue weighted by molar-refractivity contribution is -0.178. The molecule has 0 radical (unpaired) electrons. The molecule has 5 heteroatoms. The molecule has 3 rings (SSSR count). The van der Waals surface area contributed by atoms with Gasteiger partial charge in [-0.15, -0.1) is 0 Å². The largest absolute Gasteiger partial charge is 0.494 e. The van der Waals surface area contributed by atoms with Crippen molar-refractivity contribution < 1.29 is 24.3 Å². The van der Waals surface area contributed by atoms with Gasteiger partial charge in [-0.3, -0.25) is 9.78 Å². The van der Waals surface area contributed by atoms with Crippen molar-refractivity contribution in [2.75, 3.05) is 13.7 Å². The smallest absolute Gasteiger partial charge is 0.178 e. The fourth-order valence-corrected chi connectivity index (χ4v) is 2.53. The molecule has 3 aromatic carbocycles. The molecule has 0 aliphatic rings. The Labute approximate surface area is 164 Å². The molecule has 0 N–H and O–H groups in total. The van der Waals surface area contributed by atoms with Crippen LogP contribution < -0.4 is 14.5 Å². The van der Waals surface area contributed by atoms with Crippen LogP contribution in [0.4, 0.5) is 0 Å². The van der Waals surface area contributed by atoms with E-state index < -0.39 is 0 Å². The van der Waals surface area contributed by atoms with Crippen LogP contribution in [0.2, 0.25) is 0 Å². The highest BCUT2D eigenvalue weighted by Crippen LogP contribution is 2.24. The normalized spacial score (nSPS) is 10.6. The van der Waals surface area contributed by atoms with Gasteiger partial charge >= 0.3 is 0 Å². The number of ether oxygens (including phenoxy) is 1. The minimum Gasteiger partial charge on any atom is -0.494 e. The van der Waals surface area contributed by atoms with E-state index in [1.807, 2.05) is 67.6 Å². The summed E-state index contributed by atoms with van der Waals surface area (Å²) in [5.41, 5.74) is 3.14. The average Bonchev–Trinajstić information content (AvgIpc) is 2.74. The van der Waals surface area contributed by atoms with Crippen LogP contribution in [0.1, 0.15) is 12.5 Å². The monoisotopic (exact) mass is 378 g/mol. The first-order chi connectivity index (χ1) is 13.8. The second kappa shape index (κ2) is 10.0. The highest BCUT2D eigenvalue weighted by Gasteiger charge is 2.00. The van der Waals surface area contributed by atoms with E-state index >= 15 is 0 Å². The van der Waals surface area contributed by atoms with Crippen molar-refractivity contribution in [3.8, 4) is 28.4 Å². The predicted octanol–water partition coefficient (Wildman–Crippen LogP) is 5.67. The van der Waals surface area contributed by atoms with Crippen molar-refractivity contribution in [3.63, 3.8) is 0 Å². The summed E-state index contributed by atoms with van der Waals surface area (Å²) in [6.45, 7) is 2.63. The summed E-state index contributed by atoms with van der Waals surface area (Å²) in [4.78, 5) is 19.9. The van der Waals surface area contributed by atoms with Gasteiger partial charge in [-0.05, 0) is 66.1 Å². The zero-order valence-corrected chi connectivity index (χ0v) is 15.8. The van der Waals surface area contributed by atoms with Crippen LogP contribution in [0.15, 0.2) is 79.1 Å². The quantitative estimate of drug-likeness (QED) is 0.273. The molecule has 0 aliphatic heterocycles. The molecular formula is C23H22O5. The van der Waals surface area contributed by atoms with Gasteiger partial charge in [0, 0.05) is 0 Å². The van der Waals surface area contributed by atoms with E-state index in [0.717, 1.165) is 22.4 Å². The van der Waals surface area contributed by atoms with E-state index in [1.54, 1.807) is 18.2 Å². The molecule has 0 bridgehead atoms. The van der Waals surface area contributed by atoms with Crippen molar-refractivity contribution in [2.45, 2.75) is 6.92 Å². The highest BCUT2D eigenvalue weighted by atomic mass is 17.2. The van der Waals surface area contributed by atoms with Gasteiger partial charge in [-0.1, -0.05) is 36.4 Å². The summed E-state index contributed by atoms with van der Waals surface area (Å²) in [6.07, 6.45) is 3.26. The third kappa shape index (κ3) is 5.53. The number of hydrogen-bond acceptors (Lipinski definition) is 5. The van der Waals surface area contributed by atoms with Crippen LogP contribution in [-0.4, -0.2) is 13.7 Å². The van der Waals surface area contributed by atoms with E-state index in [-0.39, 0.29) is 0 Å². The molecule has 0 saturated heterocycles. The Morgan fingerprint density at radius 1 is 0.679 bits per heavy atom. The first-order valence-electron chi connectivity index (χ1n) is 8.92. The fraction of sp³-hybridized carbons (Fsp3) is 0.130. The zero-order valence-electron chi connectivity index (χ0n) is 15.8. The van der Waals surface area contributed by atoms with E-state index in [4.69, 9.17) is 19.4 Å². The van der Waals surface area contributed by atoms with E-state index in [0.29, 0.717) is 18.1 Å². The van der Waals surface area contributed by atoms with Gasteiger partial charge in [-0.2, -0.15) is 4.89 Å². The zero-order chi connectivity index (χ0) is 19.6. The molecule has 5 nitrogen and oxygen atoms in total. The highest BCUT2D eigenvalue weighted by molar-refractivity contribution is 5.64. The van der Waals surface area contributed by atoms with E-state index in [9.17, 15) is 0 Å². The van der Waals surface area contributed by atoms with Gasteiger partial charge in [0.05, 0.1) is 13.7 Å². The third-order valence-electron chi connectivity index (χ3n) is 3.87. The van der Waals surface area contributed by atoms with Gasteiger partial charge in [0.15, 0.2) is 11.5 Å². The molecule has 0 heterocycles. The Kier molecular flexibility index (Phi) is 6.93. The molecule has 0 aromatic heterocycles. The Hall–Kier alpha value is -3.44. The van der Waals surface area contributed by atoms with Gasteiger partial charge in [-0.25, -0.2) is 0 Å². The first-order valence-corrected chi connectivity index (χ1v) is 8.92. The third-order valence-corrected chi connectivity index (χ3v) is 3.87. The number of hydrogen-bond donors (Lipinski definition) is 0. The lowest BCUT2D eigenvalue weighted by Crippen LogP contribution is -1.91. The number of rotatable bonds is 9. The van der Waals surface area contributed by atoms with Crippen molar-refractivity contribution in [2.24, 2.45) is 0 Å². The molecule has 144 valence electrons. The van der Waals surface area contributed by atoms with Gasteiger partial charge in [0.2, 0.25) is 0 Å². The summed E-state index contributed by atoms with van der Waals surface area (Å²) in [5, 5.41) is 0. The fourth-order valence-electron chi connectivity index (χ4n) is 2.53.